The van der Waals surface area contributed by atoms with Gasteiger partial charge in [0.2, 0.25) is 10.0 Å². The zero-order valence-electron chi connectivity index (χ0n) is 11.8. The number of rotatable bonds is 4. The molecule has 0 fully saturated rings. The predicted octanol–water partition coefficient (Wildman–Crippen LogP) is 1.79. The lowest BCUT2D eigenvalue weighted by Crippen LogP contribution is -2.22. The van der Waals surface area contributed by atoms with Crippen LogP contribution >= 0.6 is 18.3 Å². The van der Waals surface area contributed by atoms with Gasteiger partial charge in [0.1, 0.15) is 10.6 Å². The summed E-state index contributed by atoms with van der Waals surface area (Å²) in [5.41, 5.74) is 0. The van der Waals surface area contributed by atoms with Crippen molar-refractivity contribution in [1.82, 2.24) is 4.31 Å². The average molecular weight is 378 g/mol. The van der Waals surface area contributed by atoms with Gasteiger partial charge in [0.05, 0.1) is 5.02 Å². The Bertz CT molecular complexity index is 614. The highest BCUT2D eigenvalue weighted by molar-refractivity contribution is 8.07. The number of hydrogen-bond acceptors (Lipinski definition) is 6. The minimum absolute atomic E-state index is 0.0121. The second-order valence-corrected chi connectivity index (χ2v) is 9.32. The summed E-state index contributed by atoms with van der Waals surface area (Å²) < 4.78 is 33.0. The molecule has 1 rings (SSSR count). The first kappa shape index (κ1) is 20.8. The molecule has 0 radical (unpaired) electrons. The van der Waals surface area contributed by atoms with Crippen LogP contribution in [0.5, 0.6) is 5.75 Å². The van der Waals surface area contributed by atoms with E-state index in [-0.39, 0.29) is 15.7 Å². The largest absolute Gasteiger partial charge is 0.508 e. The number of phenols is 1. The van der Waals surface area contributed by atoms with Crippen molar-refractivity contribution in [3.05, 3.63) is 23.2 Å². The second kappa shape index (κ2) is 8.40. The zero-order valence-corrected chi connectivity index (χ0v) is 15.1. The van der Waals surface area contributed by atoms with Crippen LogP contribution in [-0.2, 0) is 30.9 Å². The molecule has 0 aromatic heterocycles. The lowest BCUT2D eigenvalue weighted by atomic mass is 10.3. The molecule has 0 bridgehead atoms. The number of phenolic OH excluding ortho intramolecular Hbond substituents is 1. The molecular weight excluding hydrogens is 361 g/mol. The second-order valence-electron chi connectivity index (χ2n) is 3.74. The molecule has 0 saturated carbocycles. The van der Waals surface area contributed by atoms with Crippen LogP contribution in [0.3, 0.4) is 0 Å². The summed E-state index contributed by atoms with van der Waals surface area (Å²) in [7, 11) is 1.92. The summed E-state index contributed by atoms with van der Waals surface area (Å²) in [5.74, 6) is -0.0623. The molecule has 21 heavy (non-hydrogen) atoms. The molecule has 0 aliphatic carbocycles. The average Bonchev–Trinajstić information content (AvgIpc) is 2.38. The molecule has 0 aliphatic heterocycles. The van der Waals surface area contributed by atoms with Gasteiger partial charge in [-0.25, -0.2) is 12.7 Å². The Kier molecular flexibility index (Phi) is 8.30. The Morgan fingerprint density at radius 2 is 1.76 bits per heavy atom. The Hall–Kier alpha value is -0.250. The highest BCUT2D eigenvalue weighted by Crippen LogP contribution is 2.40. The van der Waals surface area contributed by atoms with Crippen LogP contribution in [0.1, 0.15) is 0 Å². The summed E-state index contributed by atoms with van der Waals surface area (Å²) in [6.07, 6.45) is 0. The van der Waals surface area contributed by atoms with Crippen molar-refractivity contribution in [2.24, 2.45) is 0 Å². The molecule has 0 spiro atoms. The van der Waals surface area contributed by atoms with Crippen LogP contribution in [0.2, 0.25) is 5.02 Å². The van der Waals surface area contributed by atoms with Crippen LogP contribution in [0, 0.1) is 0 Å². The third-order valence-corrected chi connectivity index (χ3v) is 6.25. The Balaban J connectivity index is 0.000000486. The molecule has 0 aliphatic rings. The summed E-state index contributed by atoms with van der Waals surface area (Å²) in [6, 6.07) is 3.74. The molecule has 0 saturated heterocycles. The Labute approximate surface area is 134 Å². The van der Waals surface area contributed by atoms with Crippen molar-refractivity contribution in [2.75, 3.05) is 28.3 Å². The van der Waals surface area contributed by atoms with Gasteiger partial charge in [-0.1, -0.05) is 11.6 Å². The van der Waals surface area contributed by atoms with Gasteiger partial charge >= 0.3 is 6.72 Å². The fourth-order valence-corrected chi connectivity index (χ4v) is 2.53. The third-order valence-electron chi connectivity index (χ3n) is 2.14. The number of benzene rings is 1. The molecular formula is C10H17ClNO6PS2. The SMILES string of the molecule is CN(C)S(=O)(=O)c1ccc(O)cc1Cl.COP(O)(=S)OC. The number of aromatic hydroxyl groups is 1. The van der Waals surface area contributed by atoms with Crippen LogP contribution in [-0.4, -0.2) is 51.0 Å². The van der Waals surface area contributed by atoms with E-state index in [1.165, 1.54) is 46.5 Å². The van der Waals surface area contributed by atoms with Crippen molar-refractivity contribution in [2.45, 2.75) is 4.90 Å². The first-order valence-corrected chi connectivity index (χ1v) is 9.74. The summed E-state index contributed by atoms with van der Waals surface area (Å²) in [4.78, 5) is 8.60. The normalized spacial score (nSPS) is 12.0. The van der Waals surface area contributed by atoms with E-state index in [1.54, 1.807) is 0 Å². The van der Waals surface area contributed by atoms with Crippen molar-refractivity contribution >= 4 is 40.1 Å². The fourth-order valence-electron chi connectivity index (χ4n) is 0.970. The van der Waals surface area contributed by atoms with E-state index >= 15 is 0 Å². The van der Waals surface area contributed by atoms with Crippen LogP contribution in [0.4, 0.5) is 0 Å². The maximum absolute atomic E-state index is 11.6. The van der Waals surface area contributed by atoms with Gasteiger partial charge in [-0.2, -0.15) is 0 Å². The quantitative estimate of drug-likeness (QED) is 0.772. The fraction of sp³-hybridized carbons (Fsp3) is 0.400. The topological polar surface area (TPSA) is 96.3 Å². The number of hydrogen-bond donors (Lipinski definition) is 2. The van der Waals surface area contributed by atoms with Gasteiger partial charge in [-0.05, 0) is 30.0 Å². The van der Waals surface area contributed by atoms with Gasteiger partial charge in [0.15, 0.2) is 0 Å². The number of sulfonamides is 1. The van der Waals surface area contributed by atoms with Gasteiger partial charge < -0.3 is 19.0 Å². The minimum atomic E-state index is -3.53. The molecule has 1 aromatic rings. The molecule has 2 N–H and O–H groups in total. The molecule has 7 nitrogen and oxygen atoms in total. The molecule has 11 heteroatoms. The number of nitrogens with zero attached hydrogens (tertiary/aromatic N) is 1. The molecule has 0 heterocycles. The molecule has 1 aromatic carbocycles. The lowest BCUT2D eigenvalue weighted by Gasteiger charge is -2.12. The van der Waals surface area contributed by atoms with E-state index in [2.05, 4.69) is 20.9 Å². The first-order valence-electron chi connectivity index (χ1n) is 5.33. The van der Waals surface area contributed by atoms with Gasteiger partial charge in [0.25, 0.3) is 0 Å². The van der Waals surface area contributed by atoms with Crippen molar-refractivity contribution < 1.29 is 27.5 Å². The van der Waals surface area contributed by atoms with E-state index < -0.39 is 16.7 Å². The molecule has 0 amide bonds. The molecule has 0 atom stereocenters. The van der Waals surface area contributed by atoms with Gasteiger partial charge in [-0.3, -0.25) is 0 Å². The smallest absolute Gasteiger partial charge is 0.323 e. The van der Waals surface area contributed by atoms with Crippen molar-refractivity contribution in [1.29, 1.82) is 0 Å². The molecule has 122 valence electrons. The highest BCUT2D eigenvalue weighted by Gasteiger charge is 2.20. The van der Waals surface area contributed by atoms with E-state index in [0.29, 0.717) is 0 Å². The Morgan fingerprint density at radius 3 is 2.05 bits per heavy atom. The highest BCUT2D eigenvalue weighted by atomic mass is 35.5. The van der Waals surface area contributed by atoms with Crippen LogP contribution in [0.25, 0.3) is 0 Å². The van der Waals surface area contributed by atoms with Crippen LogP contribution < -0.4 is 0 Å². The Morgan fingerprint density at radius 1 is 1.29 bits per heavy atom. The monoisotopic (exact) mass is 377 g/mol. The summed E-state index contributed by atoms with van der Waals surface area (Å²) in [5, 5.41) is 9.06. The maximum Gasteiger partial charge on any atom is 0.323 e. The predicted molar refractivity (Wildman–Crippen MR) is 84.5 cm³/mol. The van der Waals surface area contributed by atoms with Gasteiger partial charge in [0, 0.05) is 28.3 Å². The van der Waals surface area contributed by atoms with E-state index in [9.17, 15) is 8.42 Å². The first-order chi connectivity index (χ1) is 9.47. The lowest BCUT2D eigenvalue weighted by molar-refractivity contribution is 0.267. The maximum atomic E-state index is 11.6. The van der Waals surface area contributed by atoms with E-state index in [4.69, 9.17) is 21.6 Å². The minimum Gasteiger partial charge on any atom is -0.508 e. The third kappa shape index (κ3) is 6.58. The summed E-state index contributed by atoms with van der Waals surface area (Å²) >= 11 is 10.1. The van der Waals surface area contributed by atoms with E-state index in [1.807, 2.05) is 0 Å². The van der Waals surface area contributed by atoms with Crippen LogP contribution in [0.15, 0.2) is 23.1 Å². The zero-order chi connectivity index (χ0) is 16.8. The molecule has 0 unspecified atom stereocenters. The van der Waals surface area contributed by atoms with Gasteiger partial charge in [-0.15, -0.1) is 0 Å². The number of halogens is 1. The van der Waals surface area contributed by atoms with Crippen molar-refractivity contribution in [3.8, 4) is 5.75 Å². The standard InChI is InChI=1S/C8H10ClNO3S.C2H7O3PS/c1-10(2)14(12,13)8-4-3-6(11)5-7(8)9;1-4-6(3,7)5-2/h3-5,11H,1-2H3;1-2H3,(H,3,7). The van der Waals surface area contributed by atoms with E-state index in [0.717, 1.165) is 4.31 Å². The summed E-state index contributed by atoms with van der Waals surface area (Å²) in [6.45, 7) is -2.82. The van der Waals surface area contributed by atoms with Crippen molar-refractivity contribution in [3.63, 3.8) is 0 Å².